The first kappa shape index (κ1) is 22.3. The van der Waals surface area contributed by atoms with Crippen molar-refractivity contribution in [2.24, 2.45) is 0 Å². The number of benzene rings is 2. The van der Waals surface area contributed by atoms with Gasteiger partial charge in [0.25, 0.3) is 0 Å². The van der Waals surface area contributed by atoms with E-state index in [-0.39, 0.29) is 11.4 Å². The minimum Gasteiger partial charge on any atom is -0.370 e. The van der Waals surface area contributed by atoms with Crippen LogP contribution in [0, 0.1) is 5.82 Å². The van der Waals surface area contributed by atoms with Crippen LogP contribution in [0.5, 0.6) is 0 Å². The summed E-state index contributed by atoms with van der Waals surface area (Å²) in [5, 5.41) is 8.02. The normalized spacial score (nSPS) is 11.7. The lowest BCUT2D eigenvalue weighted by molar-refractivity contribution is 0.556. The molecule has 2 radical (unpaired) electrons. The van der Waals surface area contributed by atoms with Crippen molar-refractivity contribution in [1.29, 1.82) is 0 Å². The van der Waals surface area contributed by atoms with E-state index in [0.717, 1.165) is 11.6 Å². The smallest absolute Gasteiger partial charge is 0.243 e. The van der Waals surface area contributed by atoms with Crippen LogP contribution in [0.1, 0.15) is 6.42 Å². The first-order valence-corrected chi connectivity index (χ1v) is 11.6. The summed E-state index contributed by atoms with van der Waals surface area (Å²) in [6, 6.07) is 14.4. The van der Waals surface area contributed by atoms with Crippen LogP contribution in [0.3, 0.4) is 0 Å². The number of fused-ring (bicyclic) bond motifs is 1. The van der Waals surface area contributed by atoms with E-state index < -0.39 is 15.8 Å². The number of sulfonamides is 1. The molecule has 2 aromatic carbocycles. The third-order valence-electron chi connectivity index (χ3n) is 4.73. The fourth-order valence-electron chi connectivity index (χ4n) is 3.16. The van der Waals surface area contributed by atoms with Gasteiger partial charge in [0, 0.05) is 35.9 Å². The Balaban J connectivity index is 1.47. The second-order valence-electron chi connectivity index (χ2n) is 6.95. The number of hydrogen-bond acceptors (Lipinski definition) is 5. The SMILES string of the molecule is [B]c1cnn2c(NCCCNS(=O)(=O)c3ccccc3F)cc(-c3ccccc3Cl)nc12. The zero-order chi connectivity index (χ0) is 22.7. The molecule has 0 unspecified atom stereocenters. The Hall–Kier alpha value is -2.95. The third kappa shape index (κ3) is 4.62. The first-order valence-electron chi connectivity index (χ1n) is 9.74. The molecule has 0 spiro atoms. The number of nitrogens with one attached hydrogen (secondary N) is 2. The zero-order valence-corrected chi connectivity index (χ0v) is 18.4. The summed E-state index contributed by atoms with van der Waals surface area (Å²) in [6.45, 7) is 0.539. The zero-order valence-electron chi connectivity index (χ0n) is 16.8. The van der Waals surface area contributed by atoms with E-state index in [1.54, 1.807) is 16.6 Å². The van der Waals surface area contributed by atoms with Crippen molar-refractivity contribution >= 4 is 46.4 Å². The molecule has 162 valence electrons. The standard InChI is InChI=1S/C21H18BClFN5O2S/c22-15-13-26-29-20(12-18(28-21(15)29)14-6-1-2-7-16(14)23)25-10-5-11-27-32(30,31)19-9-4-3-8-17(19)24/h1-4,6-9,12-13,25,27H,5,10-11H2. The number of halogens is 2. The molecule has 0 aliphatic heterocycles. The van der Waals surface area contributed by atoms with Crippen molar-refractivity contribution in [2.45, 2.75) is 11.3 Å². The van der Waals surface area contributed by atoms with Crippen LogP contribution in [0.25, 0.3) is 16.9 Å². The maximum atomic E-state index is 13.8. The molecular weight excluding hydrogens is 452 g/mol. The Morgan fingerprint density at radius 2 is 1.84 bits per heavy atom. The van der Waals surface area contributed by atoms with Gasteiger partial charge in [-0.05, 0) is 30.1 Å². The number of nitrogens with zero attached hydrogens (tertiary/aromatic N) is 3. The molecule has 0 fully saturated rings. The molecule has 0 amide bonds. The number of aromatic nitrogens is 3. The molecule has 2 aromatic heterocycles. The van der Waals surface area contributed by atoms with Gasteiger partial charge >= 0.3 is 0 Å². The van der Waals surface area contributed by atoms with Crippen molar-refractivity contribution < 1.29 is 12.8 Å². The van der Waals surface area contributed by atoms with Gasteiger partial charge in [-0.25, -0.2) is 22.5 Å². The average Bonchev–Trinajstić information content (AvgIpc) is 3.15. The van der Waals surface area contributed by atoms with Gasteiger partial charge in [0.05, 0.1) is 5.69 Å². The van der Waals surface area contributed by atoms with Crippen molar-refractivity contribution in [2.75, 3.05) is 18.4 Å². The van der Waals surface area contributed by atoms with Crippen molar-refractivity contribution in [3.8, 4) is 11.3 Å². The average molecular weight is 470 g/mol. The molecule has 7 nitrogen and oxygen atoms in total. The number of anilines is 1. The summed E-state index contributed by atoms with van der Waals surface area (Å²) < 4.78 is 42.3. The van der Waals surface area contributed by atoms with Crippen LogP contribution in [0.15, 0.2) is 65.7 Å². The lowest BCUT2D eigenvalue weighted by atomic mass is 10.0. The van der Waals surface area contributed by atoms with E-state index in [0.29, 0.717) is 40.6 Å². The molecule has 32 heavy (non-hydrogen) atoms. The lowest BCUT2D eigenvalue weighted by Crippen LogP contribution is -2.27. The highest BCUT2D eigenvalue weighted by atomic mass is 35.5. The molecule has 4 rings (SSSR count). The molecule has 0 atom stereocenters. The highest BCUT2D eigenvalue weighted by molar-refractivity contribution is 7.89. The van der Waals surface area contributed by atoms with Crippen LogP contribution < -0.4 is 15.5 Å². The van der Waals surface area contributed by atoms with E-state index in [2.05, 4.69) is 20.1 Å². The molecule has 0 saturated heterocycles. The van der Waals surface area contributed by atoms with Crippen molar-refractivity contribution in [1.82, 2.24) is 19.3 Å². The quantitative estimate of drug-likeness (QED) is 0.306. The third-order valence-corrected chi connectivity index (χ3v) is 6.55. The van der Waals surface area contributed by atoms with Gasteiger partial charge in [0.2, 0.25) is 10.0 Å². The van der Waals surface area contributed by atoms with Gasteiger partial charge in [-0.3, -0.25) is 0 Å². The Morgan fingerprint density at radius 3 is 2.62 bits per heavy atom. The Bertz CT molecular complexity index is 1380. The van der Waals surface area contributed by atoms with Crippen LogP contribution in [-0.2, 0) is 10.0 Å². The number of rotatable bonds is 8. The van der Waals surface area contributed by atoms with E-state index >= 15 is 0 Å². The summed E-state index contributed by atoms with van der Waals surface area (Å²) in [7, 11) is 2.08. The first-order chi connectivity index (χ1) is 15.4. The van der Waals surface area contributed by atoms with Crippen molar-refractivity contribution in [3.63, 3.8) is 0 Å². The Kier molecular flexibility index (Phi) is 6.45. The summed E-state index contributed by atoms with van der Waals surface area (Å²) >= 11 is 6.32. The van der Waals surface area contributed by atoms with Gasteiger partial charge in [-0.2, -0.15) is 9.61 Å². The molecule has 0 aliphatic carbocycles. The molecule has 2 N–H and O–H groups in total. The molecule has 11 heteroatoms. The monoisotopic (exact) mass is 469 g/mol. The van der Waals surface area contributed by atoms with E-state index in [1.807, 2.05) is 18.2 Å². The van der Waals surface area contributed by atoms with E-state index in [1.165, 1.54) is 24.4 Å². The maximum absolute atomic E-state index is 13.8. The largest absolute Gasteiger partial charge is 0.370 e. The molecular formula is C21H18BClFN5O2S. The molecule has 0 bridgehead atoms. The van der Waals surface area contributed by atoms with Gasteiger partial charge in [0.1, 0.15) is 24.4 Å². The summed E-state index contributed by atoms with van der Waals surface area (Å²) in [6.07, 6.45) is 1.95. The molecule has 4 aromatic rings. The fourth-order valence-corrected chi connectivity index (χ4v) is 4.55. The molecule has 0 aliphatic rings. The van der Waals surface area contributed by atoms with Crippen LogP contribution in [0.4, 0.5) is 10.2 Å². The predicted octanol–water partition coefficient (Wildman–Crippen LogP) is 2.76. The summed E-state index contributed by atoms with van der Waals surface area (Å²) in [4.78, 5) is 4.19. The highest BCUT2D eigenvalue weighted by Gasteiger charge is 2.17. The Morgan fingerprint density at radius 1 is 1.09 bits per heavy atom. The lowest BCUT2D eigenvalue weighted by Gasteiger charge is -2.12. The van der Waals surface area contributed by atoms with Crippen LogP contribution in [0.2, 0.25) is 5.02 Å². The summed E-state index contributed by atoms with van der Waals surface area (Å²) in [5.74, 6) is -0.167. The topological polar surface area (TPSA) is 88.4 Å². The van der Waals surface area contributed by atoms with Gasteiger partial charge in [-0.15, -0.1) is 0 Å². The second-order valence-corrected chi connectivity index (χ2v) is 9.09. The minimum absolute atomic E-state index is 0.122. The fraction of sp³-hybridized carbons (Fsp3) is 0.143. The summed E-state index contributed by atoms with van der Waals surface area (Å²) in [5.41, 5.74) is 2.26. The minimum atomic E-state index is -3.93. The Labute approximate surface area is 191 Å². The highest BCUT2D eigenvalue weighted by Crippen LogP contribution is 2.28. The van der Waals surface area contributed by atoms with Crippen LogP contribution >= 0.6 is 11.6 Å². The van der Waals surface area contributed by atoms with Crippen molar-refractivity contribution in [3.05, 3.63) is 71.6 Å². The molecule has 0 saturated carbocycles. The van der Waals surface area contributed by atoms with Gasteiger partial charge in [-0.1, -0.05) is 41.9 Å². The van der Waals surface area contributed by atoms with Gasteiger partial charge in [0.15, 0.2) is 5.65 Å². The second kappa shape index (κ2) is 9.27. The van der Waals surface area contributed by atoms with Gasteiger partial charge < -0.3 is 5.32 Å². The molecule has 2 heterocycles. The number of hydrogen-bond donors (Lipinski definition) is 2. The maximum Gasteiger partial charge on any atom is 0.243 e. The van der Waals surface area contributed by atoms with Crippen LogP contribution in [-0.4, -0.2) is 44.0 Å². The van der Waals surface area contributed by atoms with E-state index in [9.17, 15) is 12.8 Å². The predicted molar refractivity (Wildman–Crippen MR) is 124 cm³/mol. The van der Waals surface area contributed by atoms with E-state index in [4.69, 9.17) is 19.4 Å².